The number of aromatic nitrogens is 1. The highest BCUT2D eigenvalue weighted by Gasteiger charge is 2.37. The van der Waals surface area contributed by atoms with E-state index in [1.165, 1.54) is 26.3 Å². The molecule has 0 saturated carbocycles. The van der Waals surface area contributed by atoms with E-state index in [2.05, 4.69) is 10.3 Å². The third-order valence-electron chi connectivity index (χ3n) is 5.47. The van der Waals surface area contributed by atoms with Crippen molar-refractivity contribution < 1.29 is 32.0 Å². The molecule has 1 aromatic heterocycles. The average Bonchev–Trinajstić information content (AvgIpc) is 3.33. The van der Waals surface area contributed by atoms with Crippen LogP contribution in [0.4, 0.5) is 0 Å². The fourth-order valence-electron chi connectivity index (χ4n) is 3.64. The monoisotopic (exact) mass is 491 g/mol. The van der Waals surface area contributed by atoms with Crippen molar-refractivity contribution in [1.29, 1.82) is 0 Å². The number of hydrogen-bond donors (Lipinski definition) is 1. The molecule has 1 aliphatic rings. The fraction of sp³-hybridized carbons (Fsp3) is 0.478. The lowest BCUT2D eigenvalue weighted by Crippen LogP contribution is -2.53. The first-order valence-corrected chi connectivity index (χ1v) is 12.8. The van der Waals surface area contributed by atoms with Crippen LogP contribution in [0.15, 0.2) is 47.2 Å². The number of ketones is 1. The average molecular weight is 492 g/mol. The van der Waals surface area contributed by atoms with Crippen LogP contribution in [0.3, 0.4) is 0 Å². The Morgan fingerprint density at radius 2 is 1.82 bits per heavy atom. The Kier molecular flexibility index (Phi) is 8.21. The quantitative estimate of drug-likeness (QED) is 0.490. The van der Waals surface area contributed by atoms with Crippen molar-refractivity contribution in [2.24, 2.45) is 5.92 Å². The number of sulfone groups is 1. The summed E-state index contributed by atoms with van der Waals surface area (Å²) in [5.74, 6) is -3.77. The molecule has 34 heavy (non-hydrogen) atoms. The lowest BCUT2D eigenvalue weighted by molar-refractivity contribution is -0.139. The first-order valence-electron chi connectivity index (χ1n) is 10.9. The molecule has 0 radical (unpaired) electrons. The van der Waals surface area contributed by atoms with Gasteiger partial charge in [0, 0.05) is 19.5 Å². The number of nitrogens with zero attached hydrogens (tertiary/aromatic N) is 2. The maximum Gasteiger partial charge on any atom is 0.265 e. The Balaban J connectivity index is 1.77. The molecule has 184 valence electrons. The van der Waals surface area contributed by atoms with Gasteiger partial charge in [-0.25, -0.2) is 13.4 Å². The molecular weight excluding hydrogens is 462 g/mol. The Morgan fingerprint density at radius 1 is 1.15 bits per heavy atom. The van der Waals surface area contributed by atoms with Crippen LogP contribution in [0.25, 0.3) is 0 Å². The third kappa shape index (κ3) is 6.97. The van der Waals surface area contributed by atoms with Gasteiger partial charge in [0.2, 0.25) is 17.6 Å². The zero-order valence-corrected chi connectivity index (χ0v) is 20.0. The van der Waals surface area contributed by atoms with Gasteiger partial charge in [0.25, 0.3) is 5.89 Å². The molecule has 2 amide bonds. The summed E-state index contributed by atoms with van der Waals surface area (Å²) in [4.78, 5) is 44.1. The molecule has 1 unspecified atom stereocenters. The molecule has 0 aliphatic carbocycles. The van der Waals surface area contributed by atoms with Crippen LogP contribution < -0.4 is 5.32 Å². The van der Waals surface area contributed by atoms with Gasteiger partial charge >= 0.3 is 0 Å². The van der Waals surface area contributed by atoms with E-state index < -0.39 is 38.7 Å². The van der Waals surface area contributed by atoms with E-state index in [1.54, 1.807) is 35.2 Å². The van der Waals surface area contributed by atoms with Gasteiger partial charge in [-0.05, 0) is 19.4 Å². The van der Waals surface area contributed by atoms with Crippen LogP contribution in [0.2, 0.25) is 0 Å². The van der Waals surface area contributed by atoms with Crippen LogP contribution >= 0.6 is 0 Å². The number of amides is 2. The van der Waals surface area contributed by atoms with Crippen LogP contribution in [-0.2, 0) is 29.9 Å². The summed E-state index contributed by atoms with van der Waals surface area (Å²) in [5, 5.41) is 2.59. The summed E-state index contributed by atoms with van der Waals surface area (Å²) in [7, 11) is -3.75. The van der Waals surface area contributed by atoms with Gasteiger partial charge in [0.05, 0.1) is 36.8 Å². The number of hydrogen-bond acceptors (Lipinski definition) is 8. The normalized spacial score (nSPS) is 15.5. The highest BCUT2D eigenvalue weighted by atomic mass is 32.2. The van der Waals surface area contributed by atoms with Gasteiger partial charge in [-0.3, -0.25) is 14.4 Å². The highest BCUT2D eigenvalue weighted by molar-refractivity contribution is 7.90. The van der Waals surface area contributed by atoms with E-state index in [9.17, 15) is 22.8 Å². The highest BCUT2D eigenvalue weighted by Crippen LogP contribution is 2.18. The second-order valence-corrected chi connectivity index (χ2v) is 10.8. The van der Waals surface area contributed by atoms with E-state index in [-0.39, 0.29) is 24.0 Å². The number of nitrogens with one attached hydrogen (secondary N) is 1. The van der Waals surface area contributed by atoms with E-state index in [1.807, 2.05) is 0 Å². The van der Waals surface area contributed by atoms with Crippen molar-refractivity contribution in [1.82, 2.24) is 15.2 Å². The number of ether oxygens (including phenoxy) is 1. The summed E-state index contributed by atoms with van der Waals surface area (Å²) < 4.78 is 36.2. The lowest BCUT2D eigenvalue weighted by Gasteiger charge is -2.30. The van der Waals surface area contributed by atoms with E-state index in [0.717, 1.165) is 0 Å². The van der Waals surface area contributed by atoms with Crippen LogP contribution in [-0.4, -0.2) is 73.5 Å². The molecule has 1 fully saturated rings. The van der Waals surface area contributed by atoms with Crippen molar-refractivity contribution in [3.63, 3.8) is 0 Å². The van der Waals surface area contributed by atoms with Crippen molar-refractivity contribution in [2.45, 2.75) is 31.6 Å². The number of morpholine rings is 1. The first kappa shape index (κ1) is 25.6. The molecule has 10 nitrogen and oxygen atoms in total. The zero-order chi connectivity index (χ0) is 24.8. The van der Waals surface area contributed by atoms with E-state index in [0.29, 0.717) is 31.9 Å². The summed E-state index contributed by atoms with van der Waals surface area (Å²) in [6, 6.07) is 8.61. The van der Waals surface area contributed by atoms with Gasteiger partial charge < -0.3 is 19.4 Å². The molecule has 3 rings (SSSR count). The van der Waals surface area contributed by atoms with Crippen LogP contribution in [0.5, 0.6) is 0 Å². The maximum atomic E-state index is 13.2. The summed E-state index contributed by atoms with van der Waals surface area (Å²) >= 11 is 0. The molecule has 1 aromatic carbocycles. The molecule has 1 saturated heterocycles. The topological polar surface area (TPSA) is 136 Å². The molecular formula is C23H29N3O7S. The van der Waals surface area contributed by atoms with Crippen molar-refractivity contribution in [3.8, 4) is 0 Å². The molecule has 1 N–H and O–H groups in total. The van der Waals surface area contributed by atoms with E-state index in [4.69, 9.17) is 9.15 Å². The molecule has 2 aromatic rings. The molecule has 11 heteroatoms. The number of carbonyl (C=O) groups excluding carboxylic acids is 3. The Bertz CT molecular complexity index is 1090. The summed E-state index contributed by atoms with van der Waals surface area (Å²) in [6.07, 6.45) is 2.25. The molecule has 1 atom stereocenters. The second kappa shape index (κ2) is 10.9. The Labute approximate surface area is 198 Å². The smallest absolute Gasteiger partial charge is 0.265 e. The standard InChI is InChI=1S/C23H29N3O7S/c1-23(2,20(28)22-24-8-11-33-22)25-21(29)18(14-19(27)26-9-12-32-13-10-26)16-34(30,31)15-17-6-4-3-5-7-17/h3-8,11,18H,9-10,12-16H2,1-2H3,(H,25,29). The van der Waals surface area contributed by atoms with Crippen LogP contribution in [0, 0.1) is 5.92 Å². The number of Topliss-reactive ketones (excluding diaryl/α,β-unsaturated/α-hetero) is 1. The third-order valence-corrected chi connectivity index (χ3v) is 7.15. The number of benzene rings is 1. The summed E-state index contributed by atoms with van der Waals surface area (Å²) in [6.45, 7) is 4.45. The fourth-order valence-corrected chi connectivity index (χ4v) is 5.34. The molecule has 2 heterocycles. The van der Waals surface area contributed by atoms with Gasteiger partial charge in [0.15, 0.2) is 9.84 Å². The van der Waals surface area contributed by atoms with Gasteiger partial charge in [0.1, 0.15) is 11.8 Å². The number of oxazole rings is 1. The minimum Gasteiger partial charge on any atom is -0.442 e. The molecule has 0 bridgehead atoms. The minimum absolute atomic E-state index is 0.178. The predicted octanol–water partition coefficient (Wildman–Crippen LogP) is 1.23. The SMILES string of the molecule is CC(C)(NC(=O)C(CC(=O)N1CCOCC1)CS(=O)(=O)Cc1ccccc1)C(=O)c1ncco1. The van der Waals surface area contributed by atoms with Crippen molar-refractivity contribution in [2.75, 3.05) is 32.1 Å². The lowest BCUT2D eigenvalue weighted by atomic mass is 9.96. The number of carbonyl (C=O) groups is 3. The molecule has 0 spiro atoms. The largest absolute Gasteiger partial charge is 0.442 e. The second-order valence-electron chi connectivity index (χ2n) is 8.72. The van der Waals surface area contributed by atoms with Gasteiger partial charge in [-0.15, -0.1) is 0 Å². The van der Waals surface area contributed by atoms with Gasteiger partial charge in [-0.2, -0.15) is 0 Å². The Morgan fingerprint density at radius 3 is 2.44 bits per heavy atom. The van der Waals surface area contributed by atoms with E-state index >= 15 is 0 Å². The van der Waals surface area contributed by atoms with Crippen molar-refractivity contribution >= 4 is 27.4 Å². The van der Waals surface area contributed by atoms with Gasteiger partial charge in [-0.1, -0.05) is 30.3 Å². The maximum absolute atomic E-state index is 13.2. The Hall–Kier alpha value is -3.05. The zero-order valence-electron chi connectivity index (χ0n) is 19.2. The number of rotatable bonds is 10. The summed E-state index contributed by atoms with van der Waals surface area (Å²) in [5.41, 5.74) is -0.841. The minimum atomic E-state index is -3.75. The predicted molar refractivity (Wildman–Crippen MR) is 122 cm³/mol. The van der Waals surface area contributed by atoms with Crippen molar-refractivity contribution in [3.05, 3.63) is 54.2 Å². The first-order chi connectivity index (χ1) is 16.1. The van der Waals surface area contributed by atoms with Crippen LogP contribution in [0.1, 0.15) is 36.5 Å². The molecule has 1 aliphatic heterocycles.